The number of hydrogen-bond acceptors (Lipinski definition) is 3. The lowest BCUT2D eigenvalue weighted by atomic mass is 10.1. The fourth-order valence-electron chi connectivity index (χ4n) is 3.31. The quantitative estimate of drug-likeness (QED) is 0.382. The zero-order chi connectivity index (χ0) is 21.6. The van der Waals surface area contributed by atoms with E-state index in [-0.39, 0.29) is 18.2 Å². The first-order valence-electron chi connectivity index (χ1n) is 9.97. The highest BCUT2D eigenvalue weighted by Gasteiger charge is 2.15. The van der Waals surface area contributed by atoms with E-state index in [1.807, 2.05) is 30.3 Å². The smallest absolute Gasteiger partial charge is 0.129 e. The number of aromatic nitrogens is 3. The molecule has 1 N–H and O–H groups in total. The number of nitrogens with zero attached hydrogens (tertiary/aromatic N) is 3. The molecule has 7 heteroatoms. The summed E-state index contributed by atoms with van der Waals surface area (Å²) >= 11 is 6.17. The Kier molecular flexibility index (Phi) is 6.70. The van der Waals surface area contributed by atoms with Crippen LogP contribution in [0.1, 0.15) is 16.8 Å². The Bertz CT molecular complexity index is 1120. The molecular formula is C24H21ClF2N4. The maximum Gasteiger partial charge on any atom is 0.129 e. The van der Waals surface area contributed by atoms with Crippen molar-refractivity contribution in [2.75, 3.05) is 6.54 Å². The van der Waals surface area contributed by atoms with Gasteiger partial charge in [0.1, 0.15) is 23.0 Å². The molecule has 31 heavy (non-hydrogen) atoms. The van der Waals surface area contributed by atoms with Crippen molar-refractivity contribution in [2.24, 2.45) is 0 Å². The summed E-state index contributed by atoms with van der Waals surface area (Å²) in [7, 11) is 0. The number of nitrogens with one attached hydrogen (secondary N) is 1. The molecule has 0 saturated heterocycles. The topological polar surface area (TPSA) is 42.7 Å². The van der Waals surface area contributed by atoms with Crippen molar-refractivity contribution < 1.29 is 8.78 Å². The Hall–Kier alpha value is -3.09. The summed E-state index contributed by atoms with van der Waals surface area (Å²) in [6.07, 6.45) is 0.764. The van der Waals surface area contributed by atoms with E-state index in [9.17, 15) is 8.78 Å². The van der Waals surface area contributed by atoms with E-state index in [0.717, 1.165) is 28.9 Å². The molecule has 0 aliphatic heterocycles. The van der Waals surface area contributed by atoms with Crippen LogP contribution in [0.25, 0.3) is 11.3 Å². The molecule has 0 radical (unpaired) electrons. The molecule has 0 amide bonds. The predicted octanol–water partition coefficient (Wildman–Crippen LogP) is 5.26. The van der Waals surface area contributed by atoms with Gasteiger partial charge in [-0.25, -0.2) is 8.78 Å². The highest BCUT2D eigenvalue weighted by molar-refractivity contribution is 6.31. The van der Waals surface area contributed by atoms with Gasteiger partial charge in [-0.3, -0.25) is 0 Å². The number of rotatable bonds is 8. The van der Waals surface area contributed by atoms with E-state index >= 15 is 0 Å². The van der Waals surface area contributed by atoms with Gasteiger partial charge in [-0.15, -0.1) is 0 Å². The lowest BCUT2D eigenvalue weighted by molar-refractivity contribution is 0.543. The molecule has 0 unspecified atom stereocenters. The van der Waals surface area contributed by atoms with Gasteiger partial charge in [-0.1, -0.05) is 60.1 Å². The molecule has 0 aliphatic rings. The number of benzene rings is 3. The summed E-state index contributed by atoms with van der Waals surface area (Å²) in [5, 5.41) is 12.9. The van der Waals surface area contributed by atoms with Crippen LogP contribution in [0.2, 0.25) is 5.02 Å². The van der Waals surface area contributed by atoms with Gasteiger partial charge in [-0.05, 0) is 42.8 Å². The Morgan fingerprint density at radius 3 is 2.39 bits per heavy atom. The third-order valence-electron chi connectivity index (χ3n) is 4.93. The molecule has 1 aromatic heterocycles. The van der Waals surface area contributed by atoms with Gasteiger partial charge in [0.15, 0.2) is 0 Å². The zero-order valence-electron chi connectivity index (χ0n) is 16.7. The van der Waals surface area contributed by atoms with Gasteiger partial charge in [0, 0.05) is 22.7 Å². The van der Waals surface area contributed by atoms with Gasteiger partial charge in [0.05, 0.1) is 6.54 Å². The van der Waals surface area contributed by atoms with Crippen molar-refractivity contribution in [1.29, 1.82) is 0 Å². The van der Waals surface area contributed by atoms with E-state index in [2.05, 4.69) is 15.5 Å². The third kappa shape index (κ3) is 5.34. The van der Waals surface area contributed by atoms with Crippen LogP contribution in [-0.2, 0) is 19.5 Å². The molecule has 0 atom stereocenters. The Morgan fingerprint density at radius 1 is 0.871 bits per heavy atom. The first kappa shape index (κ1) is 21.2. The largest absolute Gasteiger partial charge is 0.311 e. The summed E-state index contributed by atoms with van der Waals surface area (Å²) in [5.41, 5.74) is 3.84. The average molecular weight is 439 g/mol. The van der Waals surface area contributed by atoms with Crippen LogP contribution in [0.4, 0.5) is 8.78 Å². The van der Waals surface area contributed by atoms with Crippen molar-refractivity contribution in [2.45, 2.75) is 19.5 Å². The molecule has 0 bridgehead atoms. The van der Waals surface area contributed by atoms with E-state index in [4.69, 9.17) is 11.6 Å². The minimum Gasteiger partial charge on any atom is -0.311 e. The third-order valence-corrected chi connectivity index (χ3v) is 5.28. The summed E-state index contributed by atoms with van der Waals surface area (Å²) < 4.78 is 27.3. The van der Waals surface area contributed by atoms with Crippen LogP contribution in [0.3, 0.4) is 0 Å². The molecular weight excluding hydrogens is 418 g/mol. The van der Waals surface area contributed by atoms with Crippen LogP contribution in [0.15, 0.2) is 72.8 Å². The molecule has 0 fully saturated rings. The van der Waals surface area contributed by atoms with Gasteiger partial charge in [0.2, 0.25) is 0 Å². The van der Waals surface area contributed by atoms with Crippen LogP contribution >= 0.6 is 11.6 Å². The Morgan fingerprint density at radius 2 is 1.65 bits per heavy atom. The Balaban J connectivity index is 1.50. The summed E-state index contributed by atoms with van der Waals surface area (Å²) in [6, 6.07) is 20.8. The zero-order valence-corrected chi connectivity index (χ0v) is 17.5. The molecule has 3 aromatic carbocycles. The minimum atomic E-state index is -0.384. The summed E-state index contributed by atoms with van der Waals surface area (Å²) in [5.74, 6) is -0.624. The average Bonchev–Trinajstić information content (AvgIpc) is 3.18. The molecule has 0 saturated carbocycles. The van der Waals surface area contributed by atoms with Crippen molar-refractivity contribution in [3.63, 3.8) is 0 Å². The number of hydrogen-bond donors (Lipinski definition) is 1. The van der Waals surface area contributed by atoms with Crippen molar-refractivity contribution >= 4 is 11.6 Å². The van der Waals surface area contributed by atoms with E-state index < -0.39 is 0 Å². The first-order chi connectivity index (χ1) is 15.1. The molecule has 0 spiro atoms. The van der Waals surface area contributed by atoms with Gasteiger partial charge < -0.3 is 5.32 Å². The van der Waals surface area contributed by atoms with Crippen LogP contribution in [-0.4, -0.2) is 21.5 Å². The fraction of sp³-hybridized carbons (Fsp3) is 0.167. The SMILES string of the molecule is Fc1ccc(CCNCc2nn(Cc3c(F)cccc3Cl)nc2-c2ccccc2)cc1. The molecule has 0 aliphatic carbocycles. The lowest BCUT2D eigenvalue weighted by Gasteiger charge is -2.05. The van der Waals surface area contributed by atoms with Crippen LogP contribution < -0.4 is 5.32 Å². The maximum atomic E-state index is 14.2. The second-order valence-electron chi connectivity index (χ2n) is 7.15. The number of halogens is 3. The molecule has 4 rings (SSSR count). The highest BCUT2D eigenvalue weighted by atomic mass is 35.5. The van der Waals surface area contributed by atoms with Crippen molar-refractivity contribution in [3.8, 4) is 11.3 Å². The molecule has 158 valence electrons. The van der Waals surface area contributed by atoms with E-state index in [1.54, 1.807) is 24.3 Å². The summed E-state index contributed by atoms with van der Waals surface area (Å²) in [4.78, 5) is 1.48. The van der Waals surface area contributed by atoms with Crippen molar-refractivity contribution in [1.82, 2.24) is 20.3 Å². The van der Waals surface area contributed by atoms with Crippen LogP contribution in [0, 0.1) is 11.6 Å². The minimum absolute atomic E-state index is 0.140. The lowest BCUT2D eigenvalue weighted by Crippen LogP contribution is -2.17. The second-order valence-corrected chi connectivity index (χ2v) is 7.55. The van der Waals surface area contributed by atoms with E-state index in [1.165, 1.54) is 23.0 Å². The molecule has 1 heterocycles. The van der Waals surface area contributed by atoms with Crippen molar-refractivity contribution in [3.05, 3.63) is 106 Å². The molecule has 4 nitrogen and oxygen atoms in total. The Labute approximate surface area is 184 Å². The molecule has 4 aromatic rings. The normalized spacial score (nSPS) is 11.1. The fourth-order valence-corrected chi connectivity index (χ4v) is 3.53. The second kappa shape index (κ2) is 9.81. The van der Waals surface area contributed by atoms with Gasteiger partial charge >= 0.3 is 0 Å². The van der Waals surface area contributed by atoms with Crippen LogP contribution in [0.5, 0.6) is 0 Å². The monoisotopic (exact) mass is 438 g/mol. The predicted molar refractivity (Wildman–Crippen MR) is 118 cm³/mol. The first-order valence-corrected chi connectivity index (χ1v) is 10.4. The van der Waals surface area contributed by atoms with Gasteiger partial charge in [0.25, 0.3) is 0 Å². The standard InChI is InChI=1S/C24H21ClF2N4/c25-21-7-4-8-22(27)20(21)16-31-29-23(24(30-31)18-5-2-1-3-6-18)15-28-14-13-17-9-11-19(26)12-10-17/h1-12,28H,13-16H2. The summed E-state index contributed by atoms with van der Waals surface area (Å²) in [6.45, 7) is 1.34. The highest BCUT2D eigenvalue weighted by Crippen LogP contribution is 2.23. The van der Waals surface area contributed by atoms with Gasteiger partial charge in [-0.2, -0.15) is 15.0 Å². The maximum absolute atomic E-state index is 14.2. The van der Waals surface area contributed by atoms with E-state index in [0.29, 0.717) is 23.7 Å².